The van der Waals surface area contributed by atoms with E-state index in [1.54, 1.807) is 53.1 Å². The van der Waals surface area contributed by atoms with Gasteiger partial charge in [-0.2, -0.15) is 5.11 Å². The average molecular weight is 683 g/mol. The number of benzene rings is 2. The fourth-order valence-corrected chi connectivity index (χ4v) is 5.42. The maximum Gasteiger partial charge on any atom is 0.303 e. The SMILES string of the molecule is CC(=O)C[C@H]1O[C@@H](On2cc(Cn3c(O)c(N=Nc4cccc(Cl)c4)c4ccccc43)nn2)[C@H](OC(C)=O)[C@@H](OC(C)=O)[C@@H]1OC(C)=O. The van der Waals surface area contributed by atoms with E-state index < -0.39 is 48.6 Å². The first kappa shape index (κ1) is 34.0. The van der Waals surface area contributed by atoms with Crippen molar-refractivity contribution in [2.75, 3.05) is 0 Å². The Hall–Kier alpha value is -5.35. The molecule has 1 aliphatic rings. The Balaban J connectivity index is 1.43. The zero-order chi connectivity index (χ0) is 34.5. The molecular formula is C31H31ClN6O10. The van der Waals surface area contributed by atoms with E-state index >= 15 is 0 Å². The number of Topliss-reactive ketones (excluding diaryl/α,β-unsaturated/α-hetero) is 1. The molecule has 0 spiro atoms. The van der Waals surface area contributed by atoms with Gasteiger partial charge in [0, 0.05) is 37.6 Å². The zero-order valence-electron chi connectivity index (χ0n) is 26.2. The Morgan fingerprint density at radius 2 is 1.60 bits per heavy atom. The van der Waals surface area contributed by atoms with Crippen LogP contribution in [0.3, 0.4) is 0 Å². The van der Waals surface area contributed by atoms with Crippen molar-refractivity contribution in [2.45, 2.75) is 71.4 Å². The van der Waals surface area contributed by atoms with Crippen molar-refractivity contribution in [3.05, 3.63) is 65.4 Å². The van der Waals surface area contributed by atoms with Crippen molar-refractivity contribution in [3.8, 4) is 5.88 Å². The van der Waals surface area contributed by atoms with Gasteiger partial charge >= 0.3 is 17.9 Å². The molecule has 0 unspecified atom stereocenters. The number of hydrogen-bond acceptors (Lipinski definition) is 14. The third-order valence-electron chi connectivity index (χ3n) is 7.03. The van der Waals surface area contributed by atoms with Gasteiger partial charge in [-0.25, -0.2) is 0 Å². The second-order valence-corrected chi connectivity index (χ2v) is 11.3. The first-order chi connectivity index (χ1) is 22.9. The van der Waals surface area contributed by atoms with Crippen LogP contribution in [0, 0.1) is 0 Å². The van der Waals surface area contributed by atoms with E-state index in [0.717, 1.165) is 25.6 Å². The summed E-state index contributed by atoms with van der Waals surface area (Å²) in [5.41, 5.74) is 1.67. The molecule has 4 aromatic rings. The quantitative estimate of drug-likeness (QED) is 0.136. The second-order valence-electron chi connectivity index (χ2n) is 10.8. The molecule has 17 heteroatoms. The third kappa shape index (κ3) is 7.95. The molecule has 5 atom stereocenters. The number of hydrogen-bond donors (Lipinski definition) is 1. The zero-order valence-corrected chi connectivity index (χ0v) is 26.9. The number of esters is 3. The normalized spacial score (nSPS) is 20.8. The highest BCUT2D eigenvalue weighted by Gasteiger charge is 2.53. The summed E-state index contributed by atoms with van der Waals surface area (Å²) >= 11 is 6.06. The van der Waals surface area contributed by atoms with Gasteiger partial charge in [0.15, 0.2) is 17.9 Å². The van der Waals surface area contributed by atoms with Gasteiger partial charge < -0.3 is 33.5 Å². The molecule has 5 rings (SSSR count). The number of halogens is 1. The highest BCUT2D eigenvalue weighted by atomic mass is 35.5. The lowest BCUT2D eigenvalue weighted by atomic mass is 9.95. The molecule has 252 valence electrons. The van der Waals surface area contributed by atoms with Crippen LogP contribution in [0.15, 0.2) is 65.0 Å². The van der Waals surface area contributed by atoms with Gasteiger partial charge in [0.05, 0.1) is 23.9 Å². The maximum atomic E-state index is 12.1. The molecule has 1 aliphatic heterocycles. The maximum absolute atomic E-state index is 12.1. The molecule has 3 heterocycles. The number of ether oxygens (including phenoxy) is 4. The number of carbonyl (C=O) groups excluding carboxylic acids is 4. The van der Waals surface area contributed by atoms with Crippen LogP contribution in [-0.2, 0) is 44.7 Å². The molecule has 2 aromatic carbocycles. The van der Waals surface area contributed by atoms with Gasteiger partial charge in [0.1, 0.15) is 17.6 Å². The lowest BCUT2D eigenvalue weighted by Gasteiger charge is -2.43. The number of para-hydroxylation sites is 1. The van der Waals surface area contributed by atoms with Crippen molar-refractivity contribution in [2.24, 2.45) is 10.2 Å². The Labute approximate surface area is 278 Å². The number of aromatic hydroxyl groups is 1. The van der Waals surface area contributed by atoms with Crippen LogP contribution in [0.25, 0.3) is 10.9 Å². The molecule has 0 aliphatic carbocycles. The van der Waals surface area contributed by atoms with Crippen molar-refractivity contribution < 1.29 is 48.1 Å². The van der Waals surface area contributed by atoms with E-state index in [0.29, 0.717) is 27.3 Å². The third-order valence-corrected chi connectivity index (χ3v) is 7.26. The molecule has 0 bridgehead atoms. The topological polar surface area (TPSA) is 195 Å². The minimum Gasteiger partial charge on any atom is -0.493 e. The predicted molar refractivity (Wildman–Crippen MR) is 166 cm³/mol. The standard InChI is InChI=1S/C31H31ClN6O10/c1-16(39)12-25-27(44-17(2)40)28(45-18(3)41)29(46-19(4)42)31(47-25)48-38-15-22(34-36-38)14-37-24-11-6-5-10-23(24)26(30(37)43)35-33-21-9-7-8-20(32)13-21/h5-11,13,15,25,27-29,31,43H,12,14H2,1-4H3/t25-,27-,28+,29-,31+/m1/s1. The summed E-state index contributed by atoms with van der Waals surface area (Å²) < 4.78 is 23.7. The molecule has 1 fully saturated rings. The fraction of sp³-hybridized carbons (Fsp3) is 0.355. The summed E-state index contributed by atoms with van der Waals surface area (Å²) in [5.74, 6) is -2.80. The number of fused-ring (bicyclic) bond motifs is 1. The van der Waals surface area contributed by atoms with Crippen molar-refractivity contribution in [1.82, 2.24) is 19.7 Å². The Bertz CT molecular complexity index is 1870. The van der Waals surface area contributed by atoms with Crippen molar-refractivity contribution in [1.29, 1.82) is 0 Å². The van der Waals surface area contributed by atoms with E-state index in [1.807, 2.05) is 0 Å². The second kappa shape index (κ2) is 14.6. The number of carbonyl (C=O) groups is 4. The van der Waals surface area contributed by atoms with Crippen LogP contribution in [0.4, 0.5) is 11.4 Å². The molecule has 48 heavy (non-hydrogen) atoms. The number of ketones is 1. The highest BCUT2D eigenvalue weighted by Crippen LogP contribution is 2.40. The minimum absolute atomic E-state index is 0.0127. The summed E-state index contributed by atoms with van der Waals surface area (Å²) in [6.07, 6.45) is -5.65. The smallest absolute Gasteiger partial charge is 0.303 e. The van der Waals surface area contributed by atoms with Crippen molar-refractivity contribution >= 4 is 57.6 Å². The largest absolute Gasteiger partial charge is 0.493 e. The Morgan fingerprint density at radius 1 is 0.917 bits per heavy atom. The predicted octanol–water partition coefficient (Wildman–Crippen LogP) is 3.98. The molecule has 1 saturated heterocycles. The van der Waals surface area contributed by atoms with Crippen LogP contribution in [0.1, 0.15) is 39.8 Å². The van der Waals surface area contributed by atoms with E-state index in [2.05, 4.69) is 20.5 Å². The monoisotopic (exact) mass is 682 g/mol. The number of azo groups is 1. The highest BCUT2D eigenvalue weighted by molar-refractivity contribution is 6.30. The van der Waals surface area contributed by atoms with Gasteiger partial charge in [0.2, 0.25) is 12.0 Å². The summed E-state index contributed by atoms with van der Waals surface area (Å²) in [6.45, 7) is 4.69. The molecule has 0 radical (unpaired) electrons. The fourth-order valence-electron chi connectivity index (χ4n) is 5.24. The Morgan fingerprint density at radius 3 is 2.29 bits per heavy atom. The van der Waals surface area contributed by atoms with Crippen molar-refractivity contribution in [3.63, 3.8) is 0 Å². The number of aromatic nitrogens is 4. The number of rotatable bonds is 11. The molecular weight excluding hydrogens is 652 g/mol. The summed E-state index contributed by atoms with van der Waals surface area (Å²) in [4.78, 5) is 55.0. The molecule has 0 saturated carbocycles. The van der Waals surface area contributed by atoms with Gasteiger partial charge in [-0.15, -0.1) is 10.2 Å². The van der Waals surface area contributed by atoms with E-state index in [4.69, 9.17) is 35.4 Å². The van der Waals surface area contributed by atoms with Crippen LogP contribution in [-0.4, -0.2) is 79.2 Å². The molecule has 2 aromatic heterocycles. The van der Waals surface area contributed by atoms with Gasteiger partial charge in [-0.3, -0.25) is 19.2 Å². The van der Waals surface area contributed by atoms with Crippen LogP contribution in [0.2, 0.25) is 5.02 Å². The van der Waals surface area contributed by atoms with Crippen LogP contribution >= 0.6 is 11.6 Å². The minimum atomic E-state index is -1.50. The van der Waals surface area contributed by atoms with Gasteiger partial charge in [-0.05, 0) is 36.4 Å². The summed E-state index contributed by atoms with van der Waals surface area (Å²) in [7, 11) is 0. The van der Waals surface area contributed by atoms with E-state index in [9.17, 15) is 24.3 Å². The van der Waals surface area contributed by atoms with Crippen LogP contribution < -0.4 is 4.84 Å². The lowest BCUT2D eigenvalue weighted by molar-refractivity contribution is -0.305. The number of nitrogens with zero attached hydrogens (tertiary/aromatic N) is 6. The molecule has 1 N–H and O–H groups in total. The summed E-state index contributed by atoms with van der Waals surface area (Å²) in [5, 5.41) is 28.9. The van der Waals surface area contributed by atoms with Gasteiger partial charge in [-0.1, -0.05) is 40.7 Å². The van der Waals surface area contributed by atoms with Crippen LogP contribution in [0.5, 0.6) is 5.88 Å². The van der Waals surface area contributed by atoms with E-state index in [-0.39, 0.29) is 30.3 Å². The lowest BCUT2D eigenvalue weighted by Crippen LogP contribution is -2.63. The first-order valence-corrected chi connectivity index (χ1v) is 15.0. The first-order valence-electron chi connectivity index (χ1n) is 14.6. The Kier molecular flexibility index (Phi) is 10.3. The average Bonchev–Trinajstić information content (AvgIpc) is 3.56. The summed E-state index contributed by atoms with van der Waals surface area (Å²) in [6, 6.07) is 14.0. The van der Waals surface area contributed by atoms with Gasteiger partial charge in [0.25, 0.3) is 6.29 Å². The molecule has 0 amide bonds. The van der Waals surface area contributed by atoms with E-state index in [1.165, 1.54) is 13.1 Å². The molecule has 16 nitrogen and oxygen atoms in total.